The molecule has 0 amide bonds. The van der Waals surface area contributed by atoms with Gasteiger partial charge in [0.25, 0.3) is 15.9 Å². The summed E-state index contributed by atoms with van der Waals surface area (Å²) in [6, 6.07) is 22.4. The highest BCUT2D eigenvalue weighted by molar-refractivity contribution is 7.92. The van der Waals surface area contributed by atoms with E-state index in [-0.39, 0.29) is 22.2 Å². The van der Waals surface area contributed by atoms with Crippen molar-refractivity contribution in [3.05, 3.63) is 112 Å². The molecule has 11 heteroatoms. The summed E-state index contributed by atoms with van der Waals surface area (Å²) in [6.45, 7) is 1.80. The minimum absolute atomic E-state index is 0.0863. The molecule has 1 N–H and O–H groups in total. The van der Waals surface area contributed by atoms with E-state index in [2.05, 4.69) is 9.82 Å². The molecule has 190 valence electrons. The van der Waals surface area contributed by atoms with Crippen LogP contribution >= 0.6 is 11.3 Å². The molecular formula is C26H20F3N3O3S2. The number of rotatable bonds is 6. The van der Waals surface area contributed by atoms with E-state index in [1.807, 2.05) is 0 Å². The first-order valence-corrected chi connectivity index (χ1v) is 13.4. The van der Waals surface area contributed by atoms with Gasteiger partial charge in [-0.05, 0) is 48.7 Å². The van der Waals surface area contributed by atoms with Gasteiger partial charge in [0.05, 0.1) is 26.7 Å². The second-order valence-corrected chi connectivity index (χ2v) is 10.9. The molecule has 6 nitrogen and oxygen atoms in total. The van der Waals surface area contributed by atoms with E-state index in [1.165, 1.54) is 59.9 Å². The number of alkyl halides is 3. The maximum Gasteiger partial charge on any atom is 0.455 e. The van der Waals surface area contributed by atoms with Gasteiger partial charge < -0.3 is 4.74 Å². The lowest BCUT2D eigenvalue weighted by Gasteiger charge is -2.38. The minimum Gasteiger partial charge on any atom is -0.433 e. The Morgan fingerprint density at radius 1 is 0.919 bits per heavy atom. The molecule has 4 aromatic rings. The Balaban J connectivity index is 1.69. The van der Waals surface area contributed by atoms with Crippen LogP contribution in [0.15, 0.2) is 106 Å². The number of thiophene rings is 1. The Morgan fingerprint density at radius 2 is 1.59 bits per heavy atom. The van der Waals surface area contributed by atoms with Crippen LogP contribution in [0.1, 0.15) is 16.0 Å². The third kappa shape index (κ3) is 4.44. The number of nitrogens with one attached hydrogen (secondary N) is 1. The molecule has 0 aliphatic carbocycles. The van der Waals surface area contributed by atoms with Crippen molar-refractivity contribution in [1.82, 2.24) is 0 Å². The number of anilines is 2. The van der Waals surface area contributed by atoms with E-state index >= 15 is 13.2 Å². The maximum atomic E-state index is 15.2. The molecular weight excluding hydrogens is 523 g/mol. The summed E-state index contributed by atoms with van der Waals surface area (Å²) in [4.78, 5) is 0.307. The fourth-order valence-corrected chi connectivity index (χ4v) is 5.69. The van der Waals surface area contributed by atoms with Crippen molar-refractivity contribution in [2.24, 2.45) is 5.10 Å². The molecule has 1 atom stereocenters. The quantitative estimate of drug-likeness (QED) is 0.303. The fraction of sp³-hybridized carbons (Fsp3) is 0.115. The van der Waals surface area contributed by atoms with Gasteiger partial charge in [0, 0.05) is 0 Å². The summed E-state index contributed by atoms with van der Waals surface area (Å²) < 4.78 is 80.0. The second-order valence-electron chi connectivity index (χ2n) is 8.24. The Kier molecular flexibility index (Phi) is 6.20. The number of para-hydroxylation sites is 2. The van der Waals surface area contributed by atoms with Gasteiger partial charge in [-0.15, -0.1) is 16.4 Å². The number of hydrogen-bond acceptors (Lipinski definition) is 6. The Hall–Kier alpha value is -3.83. The number of benzene rings is 3. The molecule has 37 heavy (non-hydrogen) atoms. The Bertz CT molecular complexity index is 1540. The number of ether oxygens (including phenoxy) is 1. The summed E-state index contributed by atoms with van der Waals surface area (Å²) in [5.41, 5.74) is -2.95. The highest BCUT2D eigenvalue weighted by Crippen LogP contribution is 2.52. The van der Waals surface area contributed by atoms with Crippen molar-refractivity contribution >= 4 is 38.6 Å². The summed E-state index contributed by atoms with van der Waals surface area (Å²) in [7, 11) is -4.22. The van der Waals surface area contributed by atoms with Crippen LogP contribution in [0.3, 0.4) is 0 Å². The minimum atomic E-state index is -5.04. The van der Waals surface area contributed by atoms with Crippen LogP contribution in [0.4, 0.5) is 24.5 Å². The number of hydrogen-bond donors (Lipinski definition) is 1. The largest absolute Gasteiger partial charge is 0.455 e. The molecule has 0 fully saturated rings. The zero-order chi connectivity index (χ0) is 26.3. The predicted octanol–water partition coefficient (Wildman–Crippen LogP) is 6.47. The predicted molar refractivity (Wildman–Crippen MR) is 137 cm³/mol. The lowest BCUT2D eigenvalue weighted by molar-refractivity contribution is -0.253. The molecule has 0 saturated heterocycles. The van der Waals surface area contributed by atoms with Gasteiger partial charge in [-0.1, -0.05) is 60.2 Å². The summed E-state index contributed by atoms with van der Waals surface area (Å²) in [6.07, 6.45) is -5.04. The van der Waals surface area contributed by atoms with Crippen LogP contribution in [-0.4, -0.2) is 20.5 Å². The first-order chi connectivity index (χ1) is 17.6. The number of halogens is 3. The van der Waals surface area contributed by atoms with Gasteiger partial charge in [0.15, 0.2) is 0 Å². The standard InChI is InChI=1S/C26H20F3N3O3S2/c1-18-13-15-20(16-14-18)37(33,34)31-22-11-6-5-10-21(22)25(26(27,28)29)32(19-8-3-2-4-9-19)30-24(35-25)23-12-7-17-36-23/h2-17,31H,1H3. The van der Waals surface area contributed by atoms with Crippen molar-refractivity contribution in [2.45, 2.75) is 23.7 Å². The van der Waals surface area contributed by atoms with Gasteiger partial charge >= 0.3 is 11.9 Å². The molecule has 0 radical (unpaired) electrons. The van der Waals surface area contributed by atoms with Crippen molar-refractivity contribution in [2.75, 3.05) is 9.73 Å². The second kappa shape index (κ2) is 9.24. The van der Waals surface area contributed by atoms with E-state index in [9.17, 15) is 8.42 Å². The first kappa shape index (κ1) is 24.8. The highest BCUT2D eigenvalue weighted by atomic mass is 32.2. The topological polar surface area (TPSA) is 71.0 Å². The van der Waals surface area contributed by atoms with Crippen LogP contribution in [0.25, 0.3) is 0 Å². The van der Waals surface area contributed by atoms with E-state index in [0.717, 1.165) is 10.6 Å². The monoisotopic (exact) mass is 543 g/mol. The normalized spacial score (nSPS) is 17.8. The molecule has 2 heterocycles. The van der Waals surface area contributed by atoms with Crippen LogP contribution < -0.4 is 9.73 Å². The van der Waals surface area contributed by atoms with Gasteiger partial charge in [-0.2, -0.15) is 13.2 Å². The molecule has 1 aliphatic heterocycles. The van der Waals surface area contributed by atoms with E-state index in [1.54, 1.807) is 54.8 Å². The van der Waals surface area contributed by atoms with Gasteiger partial charge in [0.1, 0.15) is 0 Å². The van der Waals surface area contributed by atoms with Gasteiger partial charge in [-0.3, -0.25) is 4.72 Å². The summed E-state index contributed by atoms with van der Waals surface area (Å²) >= 11 is 1.18. The summed E-state index contributed by atoms with van der Waals surface area (Å²) in [5.74, 6) is -0.229. The molecule has 1 aliphatic rings. The molecule has 0 spiro atoms. The van der Waals surface area contributed by atoms with E-state index in [0.29, 0.717) is 4.88 Å². The van der Waals surface area contributed by atoms with Crippen molar-refractivity contribution < 1.29 is 26.3 Å². The number of aryl methyl sites for hydroxylation is 1. The van der Waals surface area contributed by atoms with Crippen LogP contribution in [-0.2, 0) is 20.5 Å². The molecule has 0 bridgehead atoms. The van der Waals surface area contributed by atoms with E-state index < -0.39 is 27.5 Å². The third-order valence-electron chi connectivity index (χ3n) is 5.72. The summed E-state index contributed by atoms with van der Waals surface area (Å²) in [5, 5.41) is 6.69. The zero-order valence-electron chi connectivity index (χ0n) is 19.3. The van der Waals surface area contributed by atoms with Crippen molar-refractivity contribution in [1.29, 1.82) is 0 Å². The molecule has 5 rings (SSSR count). The smallest absolute Gasteiger partial charge is 0.433 e. The number of hydrazone groups is 1. The third-order valence-corrected chi connectivity index (χ3v) is 7.96. The fourth-order valence-electron chi connectivity index (χ4n) is 3.96. The molecule has 3 aromatic carbocycles. The maximum absolute atomic E-state index is 15.2. The lowest BCUT2D eigenvalue weighted by atomic mass is 9.98. The van der Waals surface area contributed by atoms with Gasteiger partial charge in [-0.25, -0.2) is 13.4 Å². The highest BCUT2D eigenvalue weighted by Gasteiger charge is 2.67. The first-order valence-electron chi connectivity index (χ1n) is 11.0. The molecule has 0 saturated carbocycles. The van der Waals surface area contributed by atoms with Crippen LogP contribution in [0, 0.1) is 6.92 Å². The zero-order valence-corrected chi connectivity index (χ0v) is 20.9. The average molecular weight is 544 g/mol. The van der Waals surface area contributed by atoms with Gasteiger partial charge in [0.2, 0.25) is 0 Å². The van der Waals surface area contributed by atoms with Crippen LogP contribution in [0.2, 0.25) is 0 Å². The van der Waals surface area contributed by atoms with Crippen molar-refractivity contribution in [3.8, 4) is 0 Å². The molecule has 1 aromatic heterocycles. The lowest BCUT2D eigenvalue weighted by Crippen LogP contribution is -2.54. The average Bonchev–Trinajstić information content (AvgIpc) is 3.54. The van der Waals surface area contributed by atoms with Crippen LogP contribution in [0.5, 0.6) is 0 Å². The SMILES string of the molecule is Cc1ccc(S(=O)(=O)Nc2ccccc2C2(C(F)(F)F)OC(c3cccs3)=NN2c2ccccc2)cc1. The molecule has 1 unspecified atom stereocenters. The van der Waals surface area contributed by atoms with E-state index in [4.69, 9.17) is 4.74 Å². The number of sulfonamides is 1. The Morgan fingerprint density at radius 3 is 2.24 bits per heavy atom. The number of nitrogens with zero attached hydrogens (tertiary/aromatic N) is 2. The Labute approximate surface area is 215 Å². The van der Waals surface area contributed by atoms with Crippen molar-refractivity contribution in [3.63, 3.8) is 0 Å².